The highest BCUT2D eigenvalue weighted by molar-refractivity contribution is 5.52. The average molecular weight is 202 g/mol. The number of fused-ring (bicyclic) bond motifs is 1. The van der Waals surface area contributed by atoms with Gasteiger partial charge in [-0.05, 0) is 18.6 Å². The van der Waals surface area contributed by atoms with Crippen LogP contribution in [0.5, 0.6) is 17.2 Å². The summed E-state index contributed by atoms with van der Waals surface area (Å²) in [5.74, 6) is 0.533. The van der Waals surface area contributed by atoms with E-state index in [1.165, 1.54) is 13.2 Å². The lowest BCUT2D eigenvalue weighted by atomic mass is 10.2. The molecule has 0 atom stereocenters. The molecule has 3 nitrogen and oxygen atoms in total. The molecule has 1 heterocycles. The van der Waals surface area contributed by atoms with E-state index >= 15 is 0 Å². The molecule has 1 aliphatic heterocycles. The molecule has 0 saturated heterocycles. The number of aryl methyl sites for hydroxylation is 1. The molecule has 1 aromatic carbocycles. The topological polar surface area (TPSA) is 27.7 Å². The first-order valence-electron chi connectivity index (χ1n) is 3.96. The number of alkyl halides is 2. The van der Waals surface area contributed by atoms with Gasteiger partial charge in [0.2, 0.25) is 0 Å². The summed E-state index contributed by atoms with van der Waals surface area (Å²) < 4.78 is 38.8. The van der Waals surface area contributed by atoms with Crippen LogP contribution >= 0.6 is 0 Å². The van der Waals surface area contributed by atoms with Gasteiger partial charge < -0.3 is 14.2 Å². The Balaban J connectivity index is 2.47. The van der Waals surface area contributed by atoms with Gasteiger partial charge in [-0.25, -0.2) is 0 Å². The second-order valence-corrected chi connectivity index (χ2v) is 2.94. The molecule has 5 heteroatoms. The highest BCUT2D eigenvalue weighted by Crippen LogP contribution is 2.45. The van der Waals surface area contributed by atoms with Gasteiger partial charge in [-0.1, -0.05) is 0 Å². The highest BCUT2D eigenvalue weighted by atomic mass is 19.3. The van der Waals surface area contributed by atoms with Gasteiger partial charge in [0.1, 0.15) is 5.75 Å². The monoisotopic (exact) mass is 202 g/mol. The van der Waals surface area contributed by atoms with E-state index < -0.39 is 6.29 Å². The molecule has 2 rings (SSSR count). The molecule has 76 valence electrons. The third-order valence-corrected chi connectivity index (χ3v) is 1.90. The first-order valence-corrected chi connectivity index (χ1v) is 3.96. The highest BCUT2D eigenvalue weighted by Gasteiger charge is 2.44. The smallest absolute Gasteiger partial charge is 0.497 e. The molecule has 1 aromatic rings. The molecule has 1 aliphatic rings. The average Bonchev–Trinajstić information content (AvgIpc) is 2.40. The van der Waals surface area contributed by atoms with E-state index in [0.717, 1.165) is 0 Å². The fraction of sp³-hybridized carbons (Fsp3) is 0.333. The van der Waals surface area contributed by atoms with Crippen LogP contribution in [0.4, 0.5) is 8.78 Å². The van der Waals surface area contributed by atoms with E-state index in [2.05, 4.69) is 9.47 Å². The fourth-order valence-electron chi connectivity index (χ4n) is 1.30. The first kappa shape index (κ1) is 9.05. The number of ether oxygens (including phenoxy) is 3. The first-order chi connectivity index (χ1) is 6.52. The Kier molecular flexibility index (Phi) is 1.77. The summed E-state index contributed by atoms with van der Waals surface area (Å²) in [6.07, 6.45) is -3.57. The predicted molar refractivity (Wildman–Crippen MR) is 43.9 cm³/mol. The lowest BCUT2D eigenvalue weighted by molar-refractivity contribution is -0.286. The van der Waals surface area contributed by atoms with Crippen molar-refractivity contribution in [3.63, 3.8) is 0 Å². The molecule has 0 N–H and O–H groups in total. The Morgan fingerprint density at radius 2 is 2.00 bits per heavy atom. The number of hydrogen-bond acceptors (Lipinski definition) is 3. The Morgan fingerprint density at radius 3 is 2.64 bits per heavy atom. The van der Waals surface area contributed by atoms with Gasteiger partial charge in [-0.2, -0.15) is 0 Å². The summed E-state index contributed by atoms with van der Waals surface area (Å²) in [5.41, 5.74) is 0.552. The van der Waals surface area contributed by atoms with Crippen LogP contribution in [0.2, 0.25) is 0 Å². The van der Waals surface area contributed by atoms with Crippen LogP contribution in [-0.2, 0) is 0 Å². The number of methoxy groups -OCH3 is 1. The zero-order valence-electron chi connectivity index (χ0n) is 7.64. The zero-order valence-corrected chi connectivity index (χ0v) is 7.64. The quantitative estimate of drug-likeness (QED) is 0.699. The number of hydrogen-bond donors (Lipinski definition) is 0. The molecular weight excluding hydrogens is 194 g/mol. The van der Waals surface area contributed by atoms with E-state index in [-0.39, 0.29) is 11.5 Å². The van der Waals surface area contributed by atoms with Gasteiger partial charge in [-0.15, -0.1) is 8.78 Å². The molecule has 0 fully saturated rings. The van der Waals surface area contributed by atoms with Crippen molar-refractivity contribution in [2.45, 2.75) is 13.2 Å². The molecule has 0 aromatic heterocycles. The Labute approximate surface area is 79.2 Å². The van der Waals surface area contributed by atoms with E-state index in [1.54, 1.807) is 13.0 Å². The van der Waals surface area contributed by atoms with Crippen molar-refractivity contribution < 1.29 is 23.0 Å². The van der Waals surface area contributed by atoms with Gasteiger partial charge in [0.25, 0.3) is 0 Å². The SMILES string of the molecule is COc1cc(C)c2c(c1)OC(F)(F)O2. The van der Waals surface area contributed by atoms with Crippen LogP contribution in [-0.4, -0.2) is 13.4 Å². The molecule has 14 heavy (non-hydrogen) atoms. The van der Waals surface area contributed by atoms with E-state index in [9.17, 15) is 8.78 Å². The maximum atomic E-state index is 12.7. The molecular formula is C9H8F2O3. The maximum Gasteiger partial charge on any atom is 0.586 e. The summed E-state index contributed by atoms with van der Waals surface area (Å²) in [6, 6.07) is 2.97. The van der Waals surface area contributed by atoms with E-state index in [1.807, 2.05) is 0 Å². The van der Waals surface area contributed by atoms with Crippen molar-refractivity contribution in [2.24, 2.45) is 0 Å². The third kappa shape index (κ3) is 1.34. The normalized spacial score (nSPS) is 16.9. The number of rotatable bonds is 1. The van der Waals surface area contributed by atoms with Crippen molar-refractivity contribution in [2.75, 3.05) is 7.11 Å². The van der Waals surface area contributed by atoms with Gasteiger partial charge in [0.15, 0.2) is 11.5 Å². The zero-order chi connectivity index (χ0) is 10.3. The lowest BCUT2D eigenvalue weighted by Crippen LogP contribution is -2.26. The van der Waals surface area contributed by atoms with Crippen molar-refractivity contribution in [3.8, 4) is 17.2 Å². The second kappa shape index (κ2) is 2.73. The summed E-state index contributed by atoms with van der Waals surface area (Å²) in [6.45, 7) is 1.64. The molecule has 0 radical (unpaired) electrons. The number of halogens is 2. The van der Waals surface area contributed by atoms with Crippen LogP contribution in [0.15, 0.2) is 12.1 Å². The Bertz CT molecular complexity index is 377. The minimum Gasteiger partial charge on any atom is -0.497 e. The Morgan fingerprint density at radius 1 is 1.29 bits per heavy atom. The second-order valence-electron chi connectivity index (χ2n) is 2.94. The standard InChI is InChI=1S/C9H8F2O3/c1-5-3-6(12-2)4-7-8(5)14-9(10,11)13-7/h3-4H,1-2H3. The van der Waals surface area contributed by atoms with Gasteiger partial charge in [0, 0.05) is 6.07 Å². The Hall–Kier alpha value is -1.52. The van der Waals surface area contributed by atoms with Crippen molar-refractivity contribution in [1.82, 2.24) is 0 Å². The fourth-order valence-corrected chi connectivity index (χ4v) is 1.30. The number of benzene rings is 1. The molecule has 0 saturated carbocycles. The predicted octanol–water partition coefficient (Wildman–Crippen LogP) is 2.33. The molecule has 0 bridgehead atoms. The third-order valence-electron chi connectivity index (χ3n) is 1.90. The van der Waals surface area contributed by atoms with E-state index in [4.69, 9.17) is 4.74 Å². The van der Waals surface area contributed by atoms with Gasteiger partial charge in [0.05, 0.1) is 7.11 Å². The summed E-state index contributed by atoms with van der Waals surface area (Å²) in [5, 5.41) is 0. The minimum absolute atomic E-state index is 0.00634. The minimum atomic E-state index is -3.57. The van der Waals surface area contributed by atoms with Crippen LogP contribution in [0.1, 0.15) is 5.56 Å². The molecule has 0 unspecified atom stereocenters. The largest absolute Gasteiger partial charge is 0.586 e. The van der Waals surface area contributed by atoms with Gasteiger partial charge in [-0.3, -0.25) is 0 Å². The summed E-state index contributed by atoms with van der Waals surface area (Å²) in [4.78, 5) is 0. The van der Waals surface area contributed by atoms with Crippen LogP contribution in [0, 0.1) is 6.92 Å². The van der Waals surface area contributed by atoms with Crippen LogP contribution in [0.3, 0.4) is 0 Å². The molecule has 0 spiro atoms. The van der Waals surface area contributed by atoms with Crippen LogP contribution in [0.25, 0.3) is 0 Å². The lowest BCUT2D eigenvalue weighted by Gasteiger charge is -2.04. The molecule has 0 amide bonds. The maximum absolute atomic E-state index is 12.7. The molecule has 0 aliphatic carbocycles. The van der Waals surface area contributed by atoms with Gasteiger partial charge >= 0.3 is 6.29 Å². The van der Waals surface area contributed by atoms with Crippen molar-refractivity contribution in [3.05, 3.63) is 17.7 Å². The summed E-state index contributed by atoms with van der Waals surface area (Å²) in [7, 11) is 1.45. The van der Waals surface area contributed by atoms with E-state index in [0.29, 0.717) is 11.3 Å². The summed E-state index contributed by atoms with van der Waals surface area (Å²) >= 11 is 0. The van der Waals surface area contributed by atoms with Crippen LogP contribution < -0.4 is 14.2 Å². The van der Waals surface area contributed by atoms with Crippen molar-refractivity contribution >= 4 is 0 Å². The van der Waals surface area contributed by atoms with Crippen molar-refractivity contribution in [1.29, 1.82) is 0 Å².